The topological polar surface area (TPSA) is 53.3 Å². The van der Waals surface area contributed by atoms with Crippen LogP contribution in [0.1, 0.15) is 37.8 Å². The molecule has 0 bridgehead atoms. The Morgan fingerprint density at radius 1 is 1.35 bits per heavy atom. The molecule has 5 heteroatoms. The third-order valence-electron chi connectivity index (χ3n) is 4.52. The average molecular weight is 280 g/mol. The van der Waals surface area contributed by atoms with E-state index in [4.69, 9.17) is 0 Å². The van der Waals surface area contributed by atoms with Crippen molar-refractivity contribution in [3.63, 3.8) is 0 Å². The molecule has 1 fully saturated rings. The lowest BCUT2D eigenvalue weighted by Crippen LogP contribution is -2.39. The minimum atomic E-state index is 0.0984. The Hall–Kier alpha value is -1.07. The molecular weight excluding hydrogens is 252 g/mol. The van der Waals surface area contributed by atoms with Crippen LogP contribution in [0.3, 0.4) is 0 Å². The lowest BCUT2D eigenvalue weighted by molar-refractivity contribution is 0.0809. The monoisotopic (exact) mass is 280 g/mol. The summed E-state index contributed by atoms with van der Waals surface area (Å²) in [7, 11) is 6.05. The number of aromatic nitrogens is 2. The predicted octanol–water partition coefficient (Wildman–Crippen LogP) is 1.52. The maximum atomic E-state index is 9.71. The second kappa shape index (κ2) is 6.59. The molecule has 1 saturated carbocycles. The fourth-order valence-corrected chi connectivity index (χ4v) is 3.16. The van der Waals surface area contributed by atoms with Gasteiger partial charge in [-0.1, -0.05) is 19.3 Å². The van der Waals surface area contributed by atoms with Gasteiger partial charge in [0.2, 0.25) is 5.95 Å². The Labute approximate surface area is 122 Å². The fraction of sp³-hybridized carbons (Fsp3) is 0.800. The molecule has 0 amide bonds. The Kier molecular flexibility index (Phi) is 5.05. The molecule has 20 heavy (non-hydrogen) atoms. The van der Waals surface area contributed by atoms with E-state index in [2.05, 4.69) is 14.9 Å². The first-order valence-corrected chi connectivity index (χ1v) is 7.57. The van der Waals surface area contributed by atoms with Crippen molar-refractivity contribution in [2.24, 2.45) is 12.5 Å². The number of nitrogens with zero attached hydrogens (tertiary/aromatic N) is 3. The first-order chi connectivity index (χ1) is 9.58. The molecule has 1 aromatic heterocycles. The van der Waals surface area contributed by atoms with Crippen molar-refractivity contribution >= 4 is 5.95 Å². The van der Waals surface area contributed by atoms with E-state index in [0.29, 0.717) is 6.61 Å². The van der Waals surface area contributed by atoms with Gasteiger partial charge < -0.3 is 19.9 Å². The third-order valence-corrected chi connectivity index (χ3v) is 4.52. The van der Waals surface area contributed by atoms with Gasteiger partial charge in [0.05, 0.1) is 11.9 Å². The van der Waals surface area contributed by atoms with Crippen LogP contribution >= 0.6 is 0 Å². The highest BCUT2D eigenvalue weighted by Crippen LogP contribution is 2.35. The van der Waals surface area contributed by atoms with Crippen molar-refractivity contribution in [2.45, 2.75) is 38.6 Å². The number of aliphatic hydroxyl groups excluding tert-OH is 1. The zero-order valence-corrected chi connectivity index (χ0v) is 13.0. The van der Waals surface area contributed by atoms with Crippen molar-refractivity contribution < 1.29 is 5.11 Å². The first-order valence-electron chi connectivity index (χ1n) is 7.57. The Morgan fingerprint density at radius 2 is 2.05 bits per heavy atom. The van der Waals surface area contributed by atoms with Crippen LogP contribution in [0.2, 0.25) is 0 Å². The molecule has 0 radical (unpaired) electrons. The summed E-state index contributed by atoms with van der Waals surface area (Å²) in [4.78, 5) is 6.43. The Morgan fingerprint density at radius 3 is 2.60 bits per heavy atom. The summed E-state index contributed by atoms with van der Waals surface area (Å²) < 4.78 is 2.11. The Bertz CT molecular complexity index is 422. The highest BCUT2D eigenvalue weighted by Gasteiger charge is 2.30. The summed E-state index contributed by atoms with van der Waals surface area (Å²) >= 11 is 0. The maximum Gasteiger partial charge on any atom is 0.204 e. The van der Waals surface area contributed by atoms with Gasteiger partial charge in [0.25, 0.3) is 0 Å². The quantitative estimate of drug-likeness (QED) is 0.829. The van der Waals surface area contributed by atoms with Crippen molar-refractivity contribution in [3.05, 3.63) is 11.9 Å². The number of nitrogens with one attached hydrogen (secondary N) is 1. The van der Waals surface area contributed by atoms with Crippen molar-refractivity contribution in [1.29, 1.82) is 0 Å². The van der Waals surface area contributed by atoms with Gasteiger partial charge in [-0.3, -0.25) is 0 Å². The number of hydrogen-bond donors (Lipinski definition) is 2. The summed E-state index contributed by atoms with van der Waals surface area (Å²) in [6.07, 6.45) is 8.03. The summed E-state index contributed by atoms with van der Waals surface area (Å²) in [5.41, 5.74) is 1.28. The van der Waals surface area contributed by atoms with E-state index >= 15 is 0 Å². The van der Waals surface area contributed by atoms with Crippen LogP contribution in [0, 0.1) is 5.41 Å². The van der Waals surface area contributed by atoms with E-state index in [9.17, 15) is 5.11 Å². The SMILES string of the molecule is CN(C)c1ncc(CNCC2(CO)CCCCC2)n1C. The fourth-order valence-electron chi connectivity index (χ4n) is 3.16. The summed E-state index contributed by atoms with van der Waals surface area (Å²) in [5.74, 6) is 0.969. The summed E-state index contributed by atoms with van der Waals surface area (Å²) in [6, 6.07) is 0. The number of anilines is 1. The molecule has 1 aliphatic rings. The zero-order chi connectivity index (χ0) is 14.6. The van der Waals surface area contributed by atoms with Gasteiger partial charge in [-0.2, -0.15) is 0 Å². The molecular formula is C15H28N4O. The molecule has 2 rings (SSSR count). The van der Waals surface area contributed by atoms with E-state index in [1.165, 1.54) is 25.0 Å². The maximum absolute atomic E-state index is 9.71. The molecule has 1 heterocycles. The molecule has 0 aliphatic heterocycles. The van der Waals surface area contributed by atoms with E-state index < -0.39 is 0 Å². The number of imidazole rings is 1. The smallest absolute Gasteiger partial charge is 0.204 e. The van der Waals surface area contributed by atoms with Gasteiger partial charge in [0, 0.05) is 46.3 Å². The highest BCUT2D eigenvalue weighted by atomic mass is 16.3. The predicted molar refractivity (Wildman–Crippen MR) is 81.8 cm³/mol. The van der Waals surface area contributed by atoms with Gasteiger partial charge in [0.15, 0.2) is 0 Å². The van der Waals surface area contributed by atoms with Crippen LogP contribution in [-0.2, 0) is 13.6 Å². The summed E-state index contributed by atoms with van der Waals surface area (Å²) in [5, 5.41) is 13.2. The minimum Gasteiger partial charge on any atom is -0.396 e. The van der Waals surface area contributed by atoms with Gasteiger partial charge in [-0.15, -0.1) is 0 Å². The van der Waals surface area contributed by atoms with Crippen molar-refractivity contribution in [3.8, 4) is 0 Å². The lowest BCUT2D eigenvalue weighted by Gasteiger charge is -2.35. The molecule has 114 valence electrons. The molecule has 0 spiro atoms. The van der Waals surface area contributed by atoms with Crippen LogP contribution in [0.5, 0.6) is 0 Å². The van der Waals surface area contributed by atoms with E-state index in [-0.39, 0.29) is 5.41 Å². The molecule has 0 unspecified atom stereocenters. The molecule has 2 N–H and O–H groups in total. The largest absolute Gasteiger partial charge is 0.396 e. The molecule has 1 aromatic rings. The van der Waals surface area contributed by atoms with Crippen LogP contribution in [0.25, 0.3) is 0 Å². The van der Waals surface area contributed by atoms with Crippen molar-refractivity contribution in [1.82, 2.24) is 14.9 Å². The molecule has 0 atom stereocenters. The molecule has 1 aliphatic carbocycles. The number of rotatable bonds is 6. The molecule has 0 aromatic carbocycles. The number of aliphatic hydroxyl groups is 1. The summed E-state index contributed by atoms with van der Waals surface area (Å²) in [6.45, 7) is 2.00. The standard InChI is InChI=1S/C15H28N4O/c1-18(2)14-17-10-13(19(14)3)9-16-11-15(12-20)7-5-4-6-8-15/h10,16,20H,4-9,11-12H2,1-3H3. The van der Waals surface area contributed by atoms with Crippen LogP contribution < -0.4 is 10.2 Å². The van der Waals surface area contributed by atoms with Gasteiger partial charge in [-0.05, 0) is 12.8 Å². The molecule has 0 saturated heterocycles. The first kappa shape index (κ1) is 15.3. The molecule has 5 nitrogen and oxygen atoms in total. The van der Waals surface area contributed by atoms with E-state index in [0.717, 1.165) is 31.9 Å². The second-order valence-electron chi connectivity index (χ2n) is 6.33. The lowest BCUT2D eigenvalue weighted by atomic mass is 9.74. The van der Waals surface area contributed by atoms with E-state index in [1.54, 1.807) is 0 Å². The van der Waals surface area contributed by atoms with Gasteiger partial charge in [0.1, 0.15) is 0 Å². The third kappa shape index (κ3) is 3.33. The van der Waals surface area contributed by atoms with E-state index in [1.807, 2.05) is 32.2 Å². The number of hydrogen-bond acceptors (Lipinski definition) is 4. The average Bonchev–Trinajstić information content (AvgIpc) is 2.81. The van der Waals surface area contributed by atoms with Gasteiger partial charge >= 0.3 is 0 Å². The van der Waals surface area contributed by atoms with Crippen LogP contribution in [-0.4, -0.2) is 41.9 Å². The Balaban J connectivity index is 1.89. The van der Waals surface area contributed by atoms with Gasteiger partial charge in [-0.25, -0.2) is 4.98 Å². The second-order valence-corrected chi connectivity index (χ2v) is 6.33. The normalized spacial score (nSPS) is 18.2. The van der Waals surface area contributed by atoms with Crippen LogP contribution in [0.15, 0.2) is 6.20 Å². The van der Waals surface area contributed by atoms with Crippen LogP contribution in [0.4, 0.5) is 5.95 Å². The van der Waals surface area contributed by atoms with Crippen molar-refractivity contribution in [2.75, 3.05) is 32.1 Å². The highest BCUT2D eigenvalue weighted by molar-refractivity contribution is 5.30. The zero-order valence-electron chi connectivity index (χ0n) is 13.0. The minimum absolute atomic E-state index is 0.0984.